The van der Waals surface area contributed by atoms with Crippen LogP contribution in [0.4, 0.5) is 5.69 Å². The summed E-state index contributed by atoms with van der Waals surface area (Å²) >= 11 is 1.61. The van der Waals surface area contributed by atoms with Gasteiger partial charge in [0.15, 0.2) is 0 Å². The van der Waals surface area contributed by atoms with Crippen LogP contribution in [0.2, 0.25) is 0 Å². The molecule has 30 heavy (non-hydrogen) atoms. The van der Waals surface area contributed by atoms with Gasteiger partial charge in [-0.15, -0.1) is 11.3 Å². The summed E-state index contributed by atoms with van der Waals surface area (Å²) in [4.78, 5) is 28.3. The van der Waals surface area contributed by atoms with Crippen LogP contribution in [-0.2, 0) is 19.5 Å². The van der Waals surface area contributed by atoms with Crippen LogP contribution in [0.5, 0.6) is 0 Å². The Morgan fingerprint density at radius 2 is 2.07 bits per heavy atom. The first kappa shape index (κ1) is 18.8. The highest BCUT2D eigenvalue weighted by atomic mass is 32.1. The van der Waals surface area contributed by atoms with Gasteiger partial charge in [0.05, 0.1) is 21.8 Å². The van der Waals surface area contributed by atoms with E-state index in [1.807, 2.05) is 36.6 Å². The Hall–Kier alpha value is -3.23. The number of oxazole rings is 1. The van der Waals surface area contributed by atoms with Crippen LogP contribution >= 0.6 is 11.3 Å². The van der Waals surface area contributed by atoms with Crippen LogP contribution in [0.3, 0.4) is 0 Å². The monoisotopic (exact) mass is 419 g/mol. The van der Waals surface area contributed by atoms with Crippen LogP contribution in [0, 0.1) is 6.92 Å². The summed E-state index contributed by atoms with van der Waals surface area (Å²) in [6.45, 7) is 3.93. The smallest absolute Gasteiger partial charge is 0.255 e. The van der Waals surface area contributed by atoms with Gasteiger partial charge in [0.1, 0.15) is 11.6 Å². The second-order valence-corrected chi connectivity index (χ2v) is 8.37. The topological polar surface area (TPSA) is 101 Å². The largest absolute Gasteiger partial charge is 0.440 e. The van der Waals surface area contributed by atoms with Crippen molar-refractivity contribution >= 4 is 17.0 Å². The van der Waals surface area contributed by atoms with Crippen LogP contribution in [0.1, 0.15) is 22.7 Å². The molecule has 0 bridgehead atoms. The number of nitrogen functional groups attached to an aromatic ring is 1. The van der Waals surface area contributed by atoms with Gasteiger partial charge in [0.25, 0.3) is 5.56 Å². The van der Waals surface area contributed by atoms with Crippen LogP contribution in [-0.4, -0.2) is 26.4 Å². The molecule has 0 aliphatic carbocycles. The minimum absolute atomic E-state index is 0.0901. The number of nitrogens with two attached hydrogens (primary N) is 1. The van der Waals surface area contributed by atoms with Gasteiger partial charge in [-0.1, -0.05) is 6.07 Å². The number of thiophene rings is 1. The Morgan fingerprint density at radius 3 is 2.83 bits per heavy atom. The minimum atomic E-state index is -0.0901. The minimum Gasteiger partial charge on any atom is -0.440 e. The van der Waals surface area contributed by atoms with Gasteiger partial charge >= 0.3 is 0 Å². The highest BCUT2D eigenvalue weighted by molar-refractivity contribution is 7.13. The summed E-state index contributed by atoms with van der Waals surface area (Å²) in [6, 6.07) is 11.3. The molecule has 1 aliphatic heterocycles. The predicted molar refractivity (Wildman–Crippen MR) is 117 cm³/mol. The molecule has 0 saturated heterocycles. The molecule has 8 heteroatoms. The quantitative estimate of drug-likeness (QED) is 0.490. The molecule has 3 N–H and O–H groups in total. The van der Waals surface area contributed by atoms with E-state index < -0.39 is 0 Å². The van der Waals surface area contributed by atoms with Gasteiger partial charge in [0, 0.05) is 37.3 Å². The molecule has 1 aromatic carbocycles. The molecule has 3 aromatic heterocycles. The van der Waals surface area contributed by atoms with Gasteiger partial charge in [-0.2, -0.15) is 0 Å². The molecule has 0 radical (unpaired) electrons. The van der Waals surface area contributed by atoms with Crippen molar-refractivity contribution in [2.45, 2.75) is 26.4 Å². The van der Waals surface area contributed by atoms with E-state index in [1.54, 1.807) is 23.5 Å². The van der Waals surface area contributed by atoms with Crippen molar-refractivity contribution in [1.82, 2.24) is 19.9 Å². The van der Waals surface area contributed by atoms with Crippen LogP contribution < -0.4 is 11.3 Å². The summed E-state index contributed by atoms with van der Waals surface area (Å²) in [5.74, 6) is 2.05. The standard InChI is InChI=1S/C22H21N5O2S/c1-13-18(25-22(29-13)19-3-2-10-30-19)12-27-9-8-17-16(11-27)21(28)26-20(24-17)14-4-6-15(23)7-5-14/h2-7,10H,8-9,11-12,23H2,1H3,(H,24,26,28). The maximum Gasteiger partial charge on any atom is 0.255 e. The Labute approximate surface area is 177 Å². The van der Waals surface area contributed by atoms with Crippen molar-refractivity contribution in [3.05, 3.63) is 74.8 Å². The maximum absolute atomic E-state index is 12.8. The molecule has 5 rings (SSSR count). The molecule has 0 saturated carbocycles. The zero-order valence-corrected chi connectivity index (χ0v) is 17.3. The number of anilines is 1. The first-order chi connectivity index (χ1) is 14.6. The zero-order chi connectivity index (χ0) is 20.7. The molecule has 0 atom stereocenters. The average Bonchev–Trinajstić information content (AvgIpc) is 3.39. The summed E-state index contributed by atoms with van der Waals surface area (Å²) in [5.41, 5.74) is 9.69. The van der Waals surface area contributed by atoms with Crippen molar-refractivity contribution in [3.8, 4) is 22.2 Å². The third kappa shape index (κ3) is 3.55. The molecular weight excluding hydrogens is 398 g/mol. The molecule has 0 fully saturated rings. The number of nitrogens with zero attached hydrogens (tertiary/aromatic N) is 3. The number of aryl methyl sites for hydroxylation is 1. The summed E-state index contributed by atoms with van der Waals surface area (Å²) in [5, 5.41) is 2.01. The Morgan fingerprint density at radius 1 is 1.23 bits per heavy atom. The second kappa shape index (κ2) is 7.55. The van der Waals surface area contributed by atoms with Crippen LogP contribution in [0.15, 0.2) is 51.0 Å². The SMILES string of the molecule is Cc1oc(-c2cccs2)nc1CN1CCc2nc(-c3ccc(N)cc3)[nH]c(=O)c2C1. The van der Waals surface area contributed by atoms with E-state index in [9.17, 15) is 4.79 Å². The van der Waals surface area contributed by atoms with Gasteiger partial charge in [-0.3, -0.25) is 9.69 Å². The van der Waals surface area contributed by atoms with E-state index in [2.05, 4.69) is 14.9 Å². The van der Waals surface area contributed by atoms with E-state index in [1.165, 1.54) is 0 Å². The van der Waals surface area contributed by atoms with Crippen molar-refractivity contribution in [2.75, 3.05) is 12.3 Å². The fourth-order valence-corrected chi connectivity index (χ4v) is 4.33. The molecular formula is C22H21N5O2S. The molecule has 0 unspecified atom stereocenters. The first-order valence-corrected chi connectivity index (χ1v) is 10.7. The lowest BCUT2D eigenvalue weighted by Crippen LogP contribution is -2.35. The van der Waals surface area contributed by atoms with Gasteiger partial charge in [-0.05, 0) is 42.6 Å². The number of rotatable bonds is 4. The molecule has 0 spiro atoms. The van der Waals surface area contributed by atoms with Crippen molar-refractivity contribution in [2.24, 2.45) is 0 Å². The van der Waals surface area contributed by atoms with E-state index in [-0.39, 0.29) is 5.56 Å². The van der Waals surface area contributed by atoms with Crippen LogP contribution in [0.25, 0.3) is 22.2 Å². The summed E-state index contributed by atoms with van der Waals surface area (Å²) < 4.78 is 5.85. The van der Waals surface area contributed by atoms with E-state index in [0.717, 1.165) is 46.1 Å². The van der Waals surface area contributed by atoms with Crippen molar-refractivity contribution in [1.29, 1.82) is 0 Å². The maximum atomic E-state index is 12.8. The predicted octanol–water partition coefficient (Wildman–Crippen LogP) is 3.60. The number of aromatic amines is 1. The first-order valence-electron chi connectivity index (χ1n) is 9.77. The van der Waals surface area contributed by atoms with E-state index >= 15 is 0 Å². The summed E-state index contributed by atoms with van der Waals surface area (Å²) in [7, 11) is 0. The fraction of sp³-hybridized carbons (Fsp3) is 0.227. The Kier molecular flexibility index (Phi) is 4.72. The average molecular weight is 420 g/mol. The number of H-pyrrole nitrogens is 1. The number of benzene rings is 1. The number of hydrogen-bond acceptors (Lipinski definition) is 7. The van der Waals surface area contributed by atoms with E-state index in [0.29, 0.717) is 30.5 Å². The highest BCUT2D eigenvalue weighted by Gasteiger charge is 2.23. The summed E-state index contributed by atoms with van der Waals surface area (Å²) in [6.07, 6.45) is 0.718. The third-order valence-electron chi connectivity index (χ3n) is 5.33. The molecule has 4 aromatic rings. The molecule has 0 amide bonds. The lowest BCUT2D eigenvalue weighted by Gasteiger charge is -2.27. The molecule has 7 nitrogen and oxygen atoms in total. The molecule has 1 aliphatic rings. The van der Waals surface area contributed by atoms with E-state index in [4.69, 9.17) is 15.1 Å². The van der Waals surface area contributed by atoms with Crippen molar-refractivity contribution < 1.29 is 4.42 Å². The Bertz CT molecular complexity index is 1240. The third-order valence-corrected chi connectivity index (χ3v) is 6.19. The second-order valence-electron chi connectivity index (χ2n) is 7.42. The normalized spacial score (nSPS) is 14.0. The number of aromatic nitrogens is 3. The molecule has 4 heterocycles. The lowest BCUT2D eigenvalue weighted by atomic mass is 10.1. The highest BCUT2D eigenvalue weighted by Crippen LogP contribution is 2.27. The van der Waals surface area contributed by atoms with Gasteiger partial charge in [0.2, 0.25) is 5.89 Å². The number of hydrogen-bond donors (Lipinski definition) is 2. The van der Waals surface area contributed by atoms with Gasteiger partial charge < -0.3 is 15.1 Å². The molecule has 152 valence electrons. The lowest BCUT2D eigenvalue weighted by molar-refractivity contribution is 0.238. The zero-order valence-electron chi connectivity index (χ0n) is 16.5. The van der Waals surface area contributed by atoms with Gasteiger partial charge in [-0.25, -0.2) is 9.97 Å². The Balaban J connectivity index is 1.37. The van der Waals surface area contributed by atoms with Crippen molar-refractivity contribution in [3.63, 3.8) is 0 Å². The number of fused-ring (bicyclic) bond motifs is 1. The fourth-order valence-electron chi connectivity index (χ4n) is 3.69. The number of nitrogens with one attached hydrogen (secondary N) is 1.